The van der Waals surface area contributed by atoms with Gasteiger partial charge in [0.25, 0.3) is 5.56 Å². The van der Waals surface area contributed by atoms with Gasteiger partial charge in [0.05, 0.1) is 24.1 Å². The number of hydrogen-bond acceptors (Lipinski definition) is 6. The predicted molar refractivity (Wildman–Crippen MR) is 157 cm³/mol. The lowest BCUT2D eigenvalue weighted by molar-refractivity contribution is -0.151. The SMILES string of the molecule is CN(C)C1(C(=O)O)CN(c2nc3ccccc3n(C3C[C@H]4CCC[C@H](C3)N4C3CC4CCCCC(C4)C3)c2=O)C1. The van der Waals surface area contributed by atoms with E-state index in [9.17, 15) is 14.7 Å². The van der Waals surface area contributed by atoms with Crippen molar-refractivity contribution in [2.24, 2.45) is 11.8 Å². The molecule has 3 aliphatic heterocycles. The summed E-state index contributed by atoms with van der Waals surface area (Å²) in [6.45, 7) is 0.535. The average molecular weight is 548 g/mol. The van der Waals surface area contributed by atoms with Crippen molar-refractivity contribution in [3.05, 3.63) is 34.6 Å². The minimum atomic E-state index is -0.982. The number of hydrogen-bond donors (Lipinski definition) is 1. The molecular formula is C32H45N5O3. The number of piperidine rings is 2. The molecule has 216 valence electrons. The maximum absolute atomic E-state index is 14.2. The second-order valence-corrected chi connectivity index (χ2v) is 13.9. The predicted octanol–water partition coefficient (Wildman–Crippen LogP) is 4.52. The molecule has 4 heterocycles. The first-order chi connectivity index (χ1) is 19.3. The summed E-state index contributed by atoms with van der Waals surface area (Å²) in [5.74, 6) is 1.38. The van der Waals surface area contributed by atoms with E-state index in [4.69, 9.17) is 4.98 Å². The van der Waals surface area contributed by atoms with E-state index in [2.05, 4.69) is 9.47 Å². The third-order valence-corrected chi connectivity index (χ3v) is 11.4. The second kappa shape index (κ2) is 10.1. The lowest BCUT2D eigenvalue weighted by Gasteiger charge is -2.55. The number of rotatable bonds is 5. The molecule has 0 amide bonds. The number of likely N-dealkylation sites (N-methyl/N-ethyl adjacent to an activating group) is 1. The number of aromatic nitrogens is 2. The number of carboxylic acid groups (broad SMARTS) is 1. The highest BCUT2D eigenvalue weighted by Gasteiger charge is 2.53. The Kier molecular flexibility index (Phi) is 6.69. The van der Waals surface area contributed by atoms with Gasteiger partial charge < -0.3 is 14.6 Å². The third-order valence-electron chi connectivity index (χ3n) is 11.4. The molecule has 2 saturated carbocycles. The van der Waals surface area contributed by atoms with Crippen molar-refractivity contribution in [3.8, 4) is 0 Å². The van der Waals surface area contributed by atoms with E-state index in [0.717, 1.165) is 41.8 Å². The first-order valence-corrected chi connectivity index (χ1v) is 15.8. The topological polar surface area (TPSA) is 81.9 Å². The number of fused-ring (bicyclic) bond motifs is 5. The van der Waals surface area contributed by atoms with Gasteiger partial charge in [-0.1, -0.05) is 44.2 Å². The van der Waals surface area contributed by atoms with Gasteiger partial charge in [0, 0.05) is 24.2 Å². The first kappa shape index (κ1) is 26.4. The molecule has 1 N–H and O–H groups in total. The van der Waals surface area contributed by atoms with E-state index >= 15 is 0 Å². The third kappa shape index (κ3) is 4.28. The molecular weight excluding hydrogens is 502 g/mol. The summed E-state index contributed by atoms with van der Waals surface area (Å²) < 4.78 is 2.05. The van der Waals surface area contributed by atoms with Gasteiger partial charge in [-0.2, -0.15) is 0 Å². The number of aliphatic carboxylic acids is 1. The van der Waals surface area contributed by atoms with Gasteiger partial charge in [0.1, 0.15) is 0 Å². The molecule has 40 heavy (non-hydrogen) atoms. The molecule has 5 fully saturated rings. The van der Waals surface area contributed by atoms with E-state index in [1.807, 2.05) is 29.2 Å². The Morgan fingerprint density at radius 1 is 0.875 bits per heavy atom. The number of benzene rings is 1. The zero-order valence-corrected chi connectivity index (χ0v) is 24.2. The van der Waals surface area contributed by atoms with Crippen molar-refractivity contribution in [1.29, 1.82) is 0 Å². The van der Waals surface area contributed by atoms with Crippen LogP contribution in [0.15, 0.2) is 29.1 Å². The van der Waals surface area contributed by atoms with Crippen LogP contribution in [0.2, 0.25) is 0 Å². The monoisotopic (exact) mass is 547 g/mol. The summed E-state index contributed by atoms with van der Waals surface area (Å²) in [6.07, 6.45) is 15.7. The summed E-state index contributed by atoms with van der Waals surface area (Å²) in [7, 11) is 3.59. The van der Waals surface area contributed by atoms with E-state index < -0.39 is 11.5 Å². The van der Waals surface area contributed by atoms with Gasteiger partial charge in [-0.3, -0.25) is 19.4 Å². The van der Waals surface area contributed by atoms with Crippen LogP contribution < -0.4 is 10.5 Å². The van der Waals surface area contributed by atoms with Gasteiger partial charge in [0.15, 0.2) is 11.4 Å². The zero-order chi connectivity index (χ0) is 27.6. The zero-order valence-electron chi connectivity index (χ0n) is 24.2. The highest BCUT2D eigenvalue weighted by molar-refractivity contribution is 5.84. The average Bonchev–Trinajstić information content (AvgIpc) is 3.06. The van der Waals surface area contributed by atoms with Crippen molar-refractivity contribution in [2.75, 3.05) is 32.1 Å². The fourth-order valence-corrected chi connectivity index (χ4v) is 9.36. The quantitative estimate of drug-likeness (QED) is 0.590. The number of carboxylic acids is 1. The van der Waals surface area contributed by atoms with Crippen LogP contribution in [-0.2, 0) is 4.79 Å². The molecule has 8 heteroatoms. The minimum Gasteiger partial charge on any atom is -0.480 e. The molecule has 2 aromatic rings. The molecule has 3 saturated heterocycles. The van der Waals surface area contributed by atoms with Gasteiger partial charge in [-0.15, -0.1) is 0 Å². The van der Waals surface area contributed by atoms with E-state index in [1.165, 1.54) is 64.2 Å². The van der Waals surface area contributed by atoms with Crippen molar-refractivity contribution < 1.29 is 9.90 Å². The lowest BCUT2D eigenvalue weighted by Crippen LogP contribution is -2.73. The smallest absolute Gasteiger partial charge is 0.327 e. The molecule has 0 spiro atoms. The van der Waals surface area contributed by atoms with Crippen LogP contribution in [0.3, 0.4) is 0 Å². The van der Waals surface area contributed by atoms with Gasteiger partial charge in [-0.25, -0.2) is 4.98 Å². The van der Waals surface area contributed by atoms with Crippen LogP contribution in [0, 0.1) is 11.8 Å². The maximum Gasteiger partial charge on any atom is 0.327 e. The van der Waals surface area contributed by atoms with Crippen LogP contribution in [0.5, 0.6) is 0 Å². The van der Waals surface area contributed by atoms with Crippen molar-refractivity contribution >= 4 is 22.8 Å². The summed E-state index contributed by atoms with van der Waals surface area (Å²) in [5, 5.41) is 9.93. The summed E-state index contributed by atoms with van der Waals surface area (Å²) >= 11 is 0. The molecule has 4 atom stereocenters. The number of carbonyl (C=O) groups is 1. The Labute approximate surface area is 237 Å². The molecule has 1 aromatic heterocycles. The van der Waals surface area contributed by atoms with Crippen LogP contribution in [-0.4, -0.2) is 81.3 Å². The number of nitrogens with zero attached hydrogens (tertiary/aromatic N) is 5. The molecule has 7 rings (SSSR count). The van der Waals surface area contributed by atoms with Crippen LogP contribution in [0.1, 0.15) is 83.1 Å². The number of anilines is 1. The summed E-state index contributed by atoms with van der Waals surface area (Å²) in [4.78, 5) is 37.7. The van der Waals surface area contributed by atoms with Gasteiger partial charge in [0.2, 0.25) is 0 Å². The highest BCUT2D eigenvalue weighted by Crippen LogP contribution is 2.47. The van der Waals surface area contributed by atoms with E-state index in [-0.39, 0.29) is 24.7 Å². The largest absolute Gasteiger partial charge is 0.480 e. The molecule has 1 aromatic carbocycles. The highest BCUT2D eigenvalue weighted by atomic mass is 16.4. The molecule has 4 bridgehead atoms. The molecule has 5 aliphatic rings. The standard InChI is InChI=1S/C32H45N5O3/c1-34(2)32(31(39)40)19-35(20-32)29-30(38)37(28-13-6-5-12-27(28)33-29)26-17-23-10-7-11-24(18-26)36(23)25-15-21-8-3-4-9-22(14-21)16-25/h5-6,12-13,21-26H,3-4,7-11,14-20H2,1-2H3,(H,39,40)/t21?,22?,23-,24-,25?/m1/s1. The van der Waals surface area contributed by atoms with Gasteiger partial charge in [-0.05, 0) is 83.0 Å². The van der Waals surface area contributed by atoms with E-state index in [1.54, 1.807) is 19.0 Å². The Morgan fingerprint density at radius 2 is 1.52 bits per heavy atom. The molecule has 2 aliphatic carbocycles. The van der Waals surface area contributed by atoms with Crippen molar-refractivity contribution in [2.45, 2.75) is 107 Å². The van der Waals surface area contributed by atoms with Crippen LogP contribution in [0.25, 0.3) is 11.0 Å². The van der Waals surface area contributed by atoms with Gasteiger partial charge >= 0.3 is 5.97 Å². The minimum absolute atomic E-state index is 0.0587. The Hall–Kier alpha value is -2.45. The normalized spacial score (nSPS) is 33.9. The molecule has 0 radical (unpaired) electrons. The Bertz CT molecular complexity index is 1310. The second-order valence-electron chi connectivity index (χ2n) is 13.9. The Morgan fingerprint density at radius 3 is 2.15 bits per heavy atom. The van der Waals surface area contributed by atoms with Crippen molar-refractivity contribution in [3.63, 3.8) is 0 Å². The summed E-state index contributed by atoms with van der Waals surface area (Å²) in [5.41, 5.74) is 0.689. The number of para-hydroxylation sites is 2. The summed E-state index contributed by atoms with van der Waals surface area (Å²) in [6, 6.07) is 9.97. The fraction of sp³-hybridized carbons (Fsp3) is 0.719. The fourth-order valence-electron chi connectivity index (χ4n) is 9.36. The molecule has 2 unspecified atom stereocenters. The Balaban J connectivity index is 1.20. The lowest BCUT2D eigenvalue weighted by atomic mass is 9.73. The van der Waals surface area contributed by atoms with Crippen LogP contribution in [0.4, 0.5) is 5.82 Å². The first-order valence-electron chi connectivity index (χ1n) is 15.8. The van der Waals surface area contributed by atoms with E-state index in [0.29, 0.717) is 17.9 Å². The maximum atomic E-state index is 14.2. The molecule has 8 nitrogen and oxygen atoms in total. The van der Waals surface area contributed by atoms with Crippen molar-refractivity contribution in [1.82, 2.24) is 19.4 Å². The van der Waals surface area contributed by atoms with Crippen LogP contribution >= 0.6 is 0 Å².